The molecule has 1 N–H and O–H groups in total. The number of halogens is 6. The van der Waals surface area contributed by atoms with E-state index in [1.54, 1.807) is 12.1 Å². The highest BCUT2D eigenvalue weighted by Crippen LogP contribution is 2.47. The van der Waals surface area contributed by atoms with Gasteiger partial charge >= 0.3 is 5.97 Å². The van der Waals surface area contributed by atoms with Crippen LogP contribution in [0.4, 0.5) is 0 Å². The third kappa shape index (κ3) is 6.27. The van der Waals surface area contributed by atoms with Crippen molar-refractivity contribution in [3.63, 3.8) is 0 Å². The summed E-state index contributed by atoms with van der Waals surface area (Å²) >= 11 is 36.9. The molecule has 2 aromatic rings. The molecular weight excluding hydrogens is 481 g/mol. The zero-order chi connectivity index (χ0) is 19.5. The van der Waals surface area contributed by atoms with Crippen LogP contribution in [0.5, 0.6) is 0 Å². The lowest BCUT2D eigenvalue weighted by Gasteiger charge is -2.22. The molecule has 9 heteroatoms. The van der Waals surface area contributed by atoms with Gasteiger partial charge in [0.25, 0.3) is 0 Å². The topological polar surface area (TPSA) is 37.3 Å². The van der Waals surface area contributed by atoms with Gasteiger partial charge in [-0.2, -0.15) is 0 Å². The zero-order valence-electron chi connectivity index (χ0n) is 12.9. The summed E-state index contributed by atoms with van der Waals surface area (Å²) in [6, 6.07) is 13.9. The van der Waals surface area contributed by atoms with Gasteiger partial charge in [-0.15, -0.1) is 11.8 Å². The summed E-state index contributed by atoms with van der Waals surface area (Å²) in [7, 11) is 0. The molecule has 140 valence electrons. The molecule has 0 bridgehead atoms. The van der Waals surface area contributed by atoms with Crippen LogP contribution in [0.2, 0.25) is 0 Å². The van der Waals surface area contributed by atoms with Gasteiger partial charge in [-0.05, 0) is 24.1 Å². The Bertz CT molecular complexity index is 771. The maximum atomic E-state index is 11.7. The Hall–Kier alpha value is 0.000000000000000111. The molecule has 0 aliphatic rings. The van der Waals surface area contributed by atoms with Crippen LogP contribution in [0.25, 0.3) is 0 Å². The van der Waals surface area contributed by atoms with Gasteiger partial charge in [0.2, 0.25) is 7.59 Å². The minimum atomic E-state index is -1.80. The quantitative estimate of drug-likeness (QED) is 0.356. The van der Waals surface area contributed by atoms with Gasteiger partial charge in [-0.1, -0.05) is 106 Å². The van der Waals surface area contributed by atoms with Gasteiger partial charge < -0.3 is 5.11 Å². The van der Waals surface area contributed by atoms with Gasteiger partial charge in [0.05, 0.1) is 0 Å². The summed E-state index contributed by atoms with van der Waals surface area (Å²) in [5, 5.41) is 8.81. The number of hydrogen-bond donors (Lipinski definition) is 1. The van der Waals surface area contributed by atoms with Crippen molar-refractivity contribution >= 4 is 87.3 Å². The fourth-order valence-electron chi connectivity index (χ4n) is 2.19. The summed E-state index contributed by atoms with van der Waals surface area (Å²) in [6.45, 7) is 0. The summed E-state index contributed by atoms with van der Waals surface area (Å²) in [5.41, 5.74) is 1.47. The lowest BCUT2D eigenvalue weighted by molar-refractivity contribution is -0.136. The Labute approximate surface area is 185 Å². The third-order valence-corrected chi connectivity index (χ3v) is 5.95. The van der Waals surface area contributed by atoms with E-state index >= 15 is 0 Å². The molecule has 0 heterocycles. The van der Waals surface area contributed by atoms with Gasteiger partial charge in [0.1, 0.15) is 5.25 Å². The predicted octanol–water partition coefficient (Wildman–Crippen LogP) is 7.13. The van der Waals surface area contributed by atoms with Crippen molar-refractivity contribution in [2.24, 2.45) is 0 Å². The molecule has 2 aromatic carbocycles. The Balaban J connectivity index is 2.37. The molecular formula is C17H12Cl6O2S. The number of thioether (sulfide) groups is 1. The molecule has 0 aromatic heterocycles. The summed E-state index contributed by atoms with van der Waals surface area (Å²) in [5.74, 6) is -0.973. The number of carboxylic acids is 1. The Morgan fingerprint density at radius 1 is 0.962 bits per heavy atom. The largest absolute Gasteiger partial charge is 0.480 e. The lowest BCUT2D eigenvalue weighted by Crippen LogP contribution is -2.20. The second-order valence-electron chi connectivity index (χ2n) is 5.34. The molecule has 0 amide bonds. The van der Waals surface area contributed by atoms with E-state index in [0.717, 1.165) is 17.3 Å². The Morgan fingerprint density at radius 3 is 2.08 bits per heavy atom. The minimum Gasteiger partial charge on any atom is -0.480 e. The van der Waals surface area contributed by atoms with E-state index in [9.17, 15) is 9.90 Å². The van der Waals surface area contributed by atoms with Crippen LogP contribution < -0.4 is 0 Å². The summed E-state index contributed by atoms with van der Waals surface area (Å²) in [4.78, 5) is 12.2. The number of rotatable bonds is 5. The molecule has 0 radical (unpaired) electrons. The SMILES string of the molecule is O=C(O)C(Cc1ccccc1)Sc1ccc(C(Cl)(Cl)Cl)cc1C(Cl)(Cl)Cl. The molecule has 0 aliphatic heterocycles. The lowest BCUT2D eigenvalue weighted by atomic mass is 10.1. The average molecular weight is 493 g/mol. The van der Waals surface area contributed by atoms with Crippen LogP contribution >= 0.6 is 81.4 Å². The Morgan fingerprint density at radius 2 is 1.58 bits per heavy atom. The summed E-state index contributed by atoms with van der Waals surface area (Å²) in [6.07, 6.45) is 0.312. The van der Waals surface area contributed by atoms with Crippen LogP contribution in [0, 0.1) is 0 Å². The van der Waals surface area contributed by atoms with Crippen molar-refractivity contribution < 1.29 is 9.90 Å². The molecule has 1 unspecified atom stereocenters. The standard InChI is InChI=1S/C17H12Cl6O2S/c18-16(19,20)11-6-7-13(12(9-11)17(21,22)23)26-14(15(24)25)8-10-4-2-1-3-5-10/h1-7,9,14H,8H2,(H,24,25). The highest BCUT2D eigenvalue weighted by Gasteiger charge is 2.32. The molecule has 0 saturated heterocycles. The third-order valence-electron chi connectivity index (χ3n) is 3.42. The normalized spacial score (nSPS) is 13.5. The predicted molar refractivity (Wildman–Crippen MR) is 112 cm³/mol. The number of carboxylic acid groups (broad SMARTS) is 1. The van der Waals surface area contributed by atoms with Crippen molar-refractivity contribution in [2.75, 3.05) is 0 Å². The van der Waals surface area contributed by atoms with E-state index in [4.69, 9.17) is 69.6 Å². The highest BCUT2D eigenvalue weighted by molar-refractivity contribution is 8.00. The number of benzene rings is 2. The van der Waals surface area contributed by atoms with Crippen molar-refractivity contribution in [1.82, 2.24) is 0 Å². The fraction of sp³-hybridized carbons (Fsp3) is 0.235. The van der Waals surface area contributed by atoms with Crippen LogP contribution in [0.3, 0.4) is 0 Å². The van der Waals surface area contributed by atoms with E-state index in [0.29, 0.717) is 16.9 Å². The molecule has 0 spiro atoms. The first-order chi connectivity index (χ1) is 12.0. The summed E-state index contributed by atoms with van der Waals surface area (Å²) < 4.78 is -3.49. The minimum absolute atomic E-state index is 0.260. The number of carbonyl (C=O) groups is 1. The molecule has 2 rings (SSSR count). The van der Waals surface area contributed by atoms with E-state index in [1.165, 1.54) is 6.07 Å². The highest BCUT2D eigenvalue weighted by atomic mass is 35.6. The van der Waals surface area contributed by atoms with E-state index in [-0.39, 0.29) is 5.56 Å². The van der Waals surface area contributed by atoms with Crippen molar-refractivity contribution in [1.29, 1.82) is 0 Å². The molecule has 0 aliphatic carbocycles. The molecule has 26 heavy (non-hydrogen) atoms. The average Bonchev–Trinajstić information content (AvgIpc) is 2.53. The molecule has 1 atom stereocenters. The van der Waals surface area contributed by atoms with Crippen LogP contribution in [0.15, 0.2) is 53.4 Å². The second kappa shape index (κ2) is 9.00. The number of aliphatic carboxylic acids is 1. The van der Waals surface area contributed by atoms with Gasteiger partial charge in [0, 0.05) is 16.0 Å². The number of hydrogen-bond acceptors (Lipinski definition) is 2. The molecule has 0 saturated carbocycles. The number of alkyl halides is 6. The Kier molecular flexibility index (Phi) is 7.72. The van der Waals surface area contributed by atoms with Crippen LogP contribution in [0.1, 0.15) is 16.7 Å². The van der Waals surface area contributed by atoms with Gasteiger partial charge in [0.15, 0.2) is 0 Å². The molecule has 2 nitrogen and oxygen atoms in total. The smallest absolute Gasteiger partial charge is 0.317 e. The first-order valence-electron chi connectivity index (χ1n) is 7.20. The van der Waals surface area contributed by atoms with Crippen molar-refractivity contribution in [3.05, 3.63) is 65.2 Å². The first kappa shape index (κ1) is 22.3. The van der Waals surface area contributed by atoms with E-state index < -0.39 is 18.8 Å². The first-order valence-corrected chi connectivity index (χ1v) is 10.3. The molecule has 0 fully saturated rings. The monoisotopic (exact) mass is 490 g/mol. The van der Waals surface area contributed by atoms with Crippen molar-refractivity contribution in [3.8, 4) is 0 Å². The van der Waals surface area contributed by atoms with E-state index in [1.807, 2.05) is 30.3 Å². The van der Waals surface area contributed by atoms with Crippen molar-refractivity contribution in [2.45, 2.75) is 24.2 Å². The van der Waals surface area contributed by atoms with Gasteiger partial charge in [-0.3, -0.25) is 4.79 Å². The fourth-order valence-corrected chi connectivity index (χ4v) is 4.35. The van der Waals surface area contributed by atoms with Crippen LogP contribution in [-0.2, 0) is 18.8 Å². The van der Waals surface area contributed by atoms with E-state index in [2.05, 4.69) is 0 Å². The van der Waals surface area contributed by atoms with Gasteiger partial charge in [-0.25, -0.2) is 0 Å². The maximum absolute atomic E-state index is 11.7. The van der Waals surface area contributed by atoms with Crippen LogP contribution in [-0.4, -0.2) is 16.3 Å². The zero-order valence-corrected chi connectivity index (χ0v) is 18.3. The maximum Gasteiger partial charge on any atom is 0.317 e. The second-order valence-corrected chi connectivity index (χ2v) is 11.1.